The molecule has 0 spiro atoms. The molecule has 13 heteroatoms. The zero-order valence-electron chi connectivity index (χ0n) is 14.7. The Labute approximate surface area is 164 Å². The molecule has 29 heavy (non-hydrogen) atoms. The highest BCUT2D eigenvalue weighted by Gasteiger charge is 2.35. The van der Waals surface area contributed by atoms with E-state index in [0.717, 1.165) is 14.0 Å². The first-order chi connectivity index (χ1) is 13.3. The lowest BCUT2D eigenvalue weighted by Crippen LogP contribution is -2.41. The molecule has 0 radical (unpaired) electrons. The van der Waals surface area contributed by atoms with Crippen LogP contribution >= 0.6 is 11.6 Å². The minimum atomic E-state index is -5.00. The van der Waals surface area contributed by atoms with Crippen molar-refractivity contribution in [3.05, 3.63) is 55.6 Å². The topological polar surface area (TPSA) is 113 Å². The molecule has 1 amide bonds. The van der Waals surface area contributed by atoms with E-state index in [9.17, 15) is 36.7 Å². The second-order valence-electron chi connectivity index (χ2n) is 5.79. The maximum Gasteiger partial charge on any atom is 0.431 e. The predicted molar refractivity (Wildman–Crippen MR) is 91.5 cm³/mol. The van der Waals surface area contributed by atoms with Gasteiger partial charge >= 0.3 is 11.9 Å². The minimum Gasteiger partial charge on any atom is -0.471 e. The third kappa shape index (κ3) is 4.31. The highest BCUT2D eigenvalue weighted by Crippen LogP contribution is 2.30. The van der Waals surface area contributed by atoms with E-state index >= 15 is 0 Å². The molecule has 2 N–H and O–H groups in total. The number of nitrogens with two attached hydrogens (primary N) is 1. The van der Waals surface area contributed by atoms with Crippen molar-refractivity contribution in [3.63, 3.8) is 0 Å². The number of hydrogen-bond donors (Lipinski definition) is 1. The standard InChI is InChI=1S/C16H12ClF4N3O5/c1-6(25)13(14(22)27)29-10-4-9(8(18)3-7(10)17)24-12(26)5-11(16(19,20)21)23(2)15(24)28/h3-5,13H,1-2H3,(H2,22,27). The largest absolute Gasteiger partial charge is 0.471 e. The van der Waals surface area contributed by atoms with Gasteiger partial charge in [-0.2, -0.15) is 13.2 Å². The third-order valence-electron chi connectivity index (χ3n) is 3.73. The minimum absolute atomic E-state index is 0.109. The van der Waals surface area contributed by atoms with Crippen LogP contribution in [0.3, 0.4) is 0 Å². The number of carbonyl (C=O) groups excluding carboxylic acids is 2. The predicted octanol–water partition coefficient (Wildman–Crippen LogP) is 1.17. The molecule has 2 aromatic rings. The Morgan fingerprint density at radius 2 is 1.79 bits per heavy atom. The molecular formula is C16H12ClF4N3O5. The normalized spacial score (nSPS) is 12.5. The van der Waals surface area contributed by atoms with Crippen LogP contribution in [0.5, 0.6) is 5.75 Å². The molecular weight excluding hydrogens is 426 g/mol. The molecule has 8 nitrogen and oxygen atoms in total. The average molecular weight is 438 g/mol. The van der Waals surface area contributed by atoms with Crippen molar-refractivity contribution in [2.75, 3.05) is 0 Å². The molecule has 1 aromatic heterocycles. The van der Waals surface area contributed by atoms with E-state index < -0.39 is 63.2 Å². The molecule has 0 saturated heterocycles. The van der Waals surface area contributed by atoms with Crippen LogP contribution in [0.2, 0.25) is 5.02 Å². The van der Waals surface area contributed by atoms with Crippen LogP contribution in [-0.4, -0.2) is 26.9 Å². The summed E-state index contributed by atoms with van der Waals surface area (Å²) in [5.74, 6) is -3.76. The molecule has 1 atom stereocenters. The maximum atomic E-state index is 14.4. The number of Topliss-reactive ketones (excluding diaryl/α,β-unsaturated/α-hetero) is 1. The Hall–Kier alpha value is -3.15. The summed E-state index contributed by atoms with van der Waals surface area (Å²) in [6.07, 6.45) is -6.81. The van der Waals surface area contributed by atoms with Crippen LogP contribution < -0.4 is 21.7 Å². The molecule has 1 unspecified atom stereocenters. The first kappa shape index (κ1) is 22.1. The van der Waals surface area contributed by atoms with Gasteiger partial charge in [-0.3, -0.25) is 19.0 Å². The van der Waals surface area contributed by atoms with Crippen molar-refractivity contribution < 1.29 is 31.9 Å². The Morgan fingerprint density at radius 1 is 1.21 bits per heavy atom. The van der Waals surface area contributed by atoms with Gasteiger partial charge in [-0.15, -0.1) is 0 Å². The first-order valence-corrected chi connectivity index (χ1v) is 7.99. The van der Waals surface area contributed by atoms with E-state index in [4.69, 9.17) is 22.1 Å². The number of carbonyl (C=O) groups is 2. The van der Waals surface area contributed by atoms with Crippen LogP contribution in [0.4, 0.5) is 17.6 Å². The molecule has 1 aromatic carbocycles. The van der Waals surface area contributed by atoms with Crippen molar-refractivity contribution in [1.82, 2.24) is 9.13 Å². The zero-order valence-corrected chi connectivity index (χ0v) is 15.5. The van der Waals surface area contributed by atoms with Gasteiger partial charge in [0.15, 0.2) is 5.78 Å². The van der Waals surface area contributed by atoms with E-state index in [0.29, 0.717) is 12.1 Å². The fourth-order valence-corrected chi connectivity index (χ4v) is 2.56. The van der Waals surface area contributed by atoms with Gasteiger partial charge in [-0.1, -0.05) is 11.6 Å². The molecule has 0 aliphatic rings. The van der Waals surface area contributed by atoms with Crippen molar-refractivity contribution in [2.45, 2.75) is 19.2 Å². The summed E-state index contributed by atoms with van der Waals surface area (Å²) in [6.45, 7) is 0.976. The van der Waals surface area contributed by atoms with E-state index in [-0.39, 0.29) is 15.2 Å². The Bertz CT molecular complexity index is 1110. The fraction of sp³-hybridized carbons (Fsp3) is 0.250. The van der Waals surface area contributed by atoms with Gasteiger partial charge in [0.1, 0.15) is 17.3 Å². The summed E-state index contributed by atoms with van der Waals surface area (Å²) in [5, 5.41) is -0.449. The van der Waals surface area contributed by atoms with Crippen molar-refractivity contribution in [2.24, 2.45) is 12.8 Å². The smallest absolute Gasteiger partial charge is 0.431 e. The molecule has 0 bridgehead atoms. The molecule has 0 aliphatic carbocycles. The van der Waals surface area contributed by atoms with E-state index in [2.05, 4.69) is 0 Å². The van der Waals surface area contributed by atoms with Gasteiger partial charge in [-0.05, 0) is 13.0 Å². The first-order valence-electron chi connectivity index (χ1n) is 7.61. The van der Waals surface area contributed by atoms with Crippen molar-refractivity contribution >= 4 is 23.3 Å². The zero-order chi connectivity index (χ0) is 22.3. The quantitative estimate of drug-likeness (QED) is 0.557. The van der Waals surface area contributed by atoms with Crippen molar-refractivity contribution in [1.29, 1.82) is 0 Å². The second-order valence-corrected chi connectivity index (χ2v) is 6.19. The van der Waals surface area contributed by atoms with Crippen LogP contribution in [0.25, 0.3) is 5.69 Å². The number of alkyl halides is 3. The van der Waals surface area contributed by atoms with E-state index in [1.165, 1.54) is 0 Å². The van der Waals surface area contributed by atoms with Gasteiger partial charge in [0.2, 0.25) is 6.10 Å². The number of ether oxygens (including phenoxy) is 1. The number of aromatic nitrogens is 2. The van der Waals surface area contributed by atoms with E-state index in [1.54, 1.807) is 0 Å². The fourth-order valence-electron chi connectivity index (χ4n) is 2.37. The molecule has 0 fully saturated rings. The van der Waals surface area contributed by atoms with E-state index in [1.807, 2.05) is 0 Å². The van der Waals surface area contributed by atoms with Crippen molar-refractivity contribution in [3.8, 4) is 11.4 Å². The summed E-state index contributed by atoms with van der Waals surface area (Å²) in [4.78, 5) is 47.2. The molecule has 2 rings (SSSR count). The highest BCUT2D eigenvalue weighted by molar-refractivity contribution is 6.32. The van der Waals surface area contributed by atoms with Gasteiger partial charge < -0.3 is 10.5 Å². The monoisotopic (exact) mass is 437 g/mol. The third-order valence-corrected chi connectivity index (χ3v) is 4.02. The molecule has 156 valence electrons. The Morgan fingerprint density at radius 3 is 2.28 bits per heavy atom. The van der Waals surface area contributed by atoms with Gasteiger partial charge in [0.25, 0.3) is 11.5 Å². The number of ketones is 1. The lowest BCUT2D eigenvalue weighted by molar-refractivity contribution is -0.144. The summed E-state index contributed by atoms with van der Waals surface area (Å²) in [6, 6.07) is 1.39. The lowest BCUT2D eigenvalue weighted by Gasteiger charge is -2.17. The number of rotatable bonds is 5. The van der Waals surface area contributed by atoms with Gasteiger partial charge in [0.05, 0.1) is 10.7 Å². The lowest BCUT2D eigenvalue weighted by atomic mass is 10.2. The number of nitrogens with zero attached hydrogens (tertiary/aromatic N) is 2. The number of amides is 1. The number of hydrogen-bond acceptors (Lipinski definition) is 5. The number of halogens is 5. The molecule has 1 heterocycles. The number of primary amides is 1. The summed E-state index contributed by atoms with van der Waals surface area (Å²) >= 11 is 5.79. The van der Waals surface area contributed by atoms with Crippen LogP contribution in [-0.2, 0) is 22.8 Å². The van der Waals surface area contributed by atoms with Crippen LogP contribution in [0.15, 0.2) is 27.8 Å². The SMILES string of the molecule is CC(=O)C(Oc1cc(-n2c(=O)cc(C(F)(F)F)n(C)c2=O)c(F)cc1Cl)C(N)=O. The average Bonchev–Trinajstić information content (AvgIpc) is 2.57. The maximum absolute atomic E-state index is 14.4. The van der Waals surface area contributed by atoms with Gasteiger partial charge in [-0.25, -0.2) is 13.8 Å². The van der Waals surface area contributed by atoms with Gasteiger partial charge in [0, 0.05) is 19.2 Å². The Balaban J connectivity index is 2.73. The number of benzene rings is 1. The van der Waals surface area contributed by atoms with Crippen LogP contribution in [0, 0.1) is 5.82 Å². The van der Waals surface area contributed by atoms with Crippen LogP contribution in [0.1, 0.15) is 12.6 Å². The summed E-state index contributed by atoms with van der Waals surface area (Å²) in [5.41, 5.74) is -0.314. The summed E-state index contributed by atoms with van der Waals surface area (Å²) in [7, 11) is 0.741. The molecule has 0 aliphatic heterocycles. The summed E-state index contributed by atoms with van der Waals surface area (Å²) < 4.78 is 58.5. The highest BCUT2D eigenvalue weighted by atomic mass is 35.5. The second kappa shape index (κ2) is 7.70. The Kier molecular flexibility index (Phi) is 5.88. The molecule has 0 saturated carbocycles.